The molecule has 0 fully saturated rings. The lowest BCUT2D eigenvalue weighted by atomic mass is 10.1. The lowest BCUT2D eigenvalue weighted by molar-refractivity contribution is -1.13. The minimum Gasteiger partial charge on any atom is -0.285 e. The smallest absolute Gasteiger partial charge is 0.217 e. The number of quaternary nitrogens is 2. The highest BCUT2D eigenvalue weighted by molar-refractivity contribution is 4.49. The number of nitrogens with one attached hydrogen (secondary N) is 1. The number of nitrogens with zero attached hydrogens (tertiary/aromatic N) is 1. The van der Waals surface area contributed by atoms with Crippen molar-refractivity contribution >= 4 is 0 Å². The predicted molar refractivity (Wildman–Crippen MR) is 54.2 cm³/mol. The molecule has 0 aliphatic rings. The van der Waals surface area contributed by atoms with Crippen LogP contribution in [0.1, 0.15) is 27.7 Å². The first-order valence-corrected chi connectivity index (χ1v) is 4.94. The van der Waals surface area contributed by atoms with Crippen LogP contribution in [0.5, 0.6) is 0 Å². The van der Waals surface area contributed by atoms with E-state index in [1.54, 1.807) is 4.90 Å². The van der Waals surface area contributed by atoms with E-state index in [-0.39, 0.29) is 0 Å². The Morgan fingerprint density at radius 2 is 1.33 bits per heavy atom. The van der Waals surface area contributed by atoms with Crippen LogP contribution in [0.2, 0.25) is 0 Å². The van der Waals surface area contributed by atoms with Gasteiger partial charge in [-0.3, -0.25) is 9.38 Å². The minimum atomic E-state index is 0.309. The lowest BCUT2D eigenvalue weighted by Gasteiger charge is -2.44. The Morgan fingerprint density at radius 3 is 1.42 bits per heavy atom. The van der Waals surface area contributed by atoms with Crippen molar-refractivity contribution in [2.45, 2.75) is 33.4 Å². The molecule has 0 rings (SSSR count). The van der Waals surface area contributed by atoms with E-state index in [0.717, 1.165) is 4.48 Å². The molecule has 0 unspecified atom stereocenters. The summed E-state index contributed by atoms with van der Waals surface area (Å²) >= 11 is 0. The molecule has 0 radical (unpaired) electrons. The van der Waals surface area contributed by atoms with Crippen LogP contribution < -0.4 is 4.90 Å². The molecule has 2 heteroatoms. The lowest BCUT2D eigenvalue weighted by Crippen LogP contribution is -3.22. The highest BCUT2D eigenvalue weighted by Gasteiger charge is 2.40. The van der Waals surface area contributed by atoms with E-state index in [9.17, 15) is 0 Å². The van der Waals surface area contributed by atoms with Crippen LogP contribution in [0, 0.1) is 0 Å². The van der Waals surface area contributed by atoms with E-state index in [2.05, 4.69) is 48.8 Å². The van der Waals surface area contributed by atoms with Gasteiger partial charge >= 0.3 is 0 Å². The van der Waals surface area contributed by atoms with E-state index >= 15 is 0 Å². The second-order valence-corrected chi connectivity index (χ2v) is 4.88. The van der Waals surface area contributed by atoms with Crippen LogP contribution in [0.25, 0.3) is 0 Å². The summed E-state index contributed by atoms with van der Waals surface area (Å²) in [5.74, 6) is 0. The Hall–Kier alpha value is -0.0800. The van der Waals surface area contributed by atoms with Gasteiger partial charge in [-0.2, -0.15) is 0 Å². The summed E-state index contributed by atoms with van der Waals surface area (Å²) < 4.78 is 1.02. The third-order valence-corrected chi connectivity index (χ3v) is 3.40. The number of hydrogen-bond acceptors (Lipinski definition) is 0. The molecule has 0 aromatic carbocycles. The SMILES string of the molecule is CC[NH+](CC)C(C)(C)[N+](C)(C)C. The topological polar surface area (TPSA) is 4.44 Å². The first-order valence-electron chi connectivity index (χ1n) is 4.94. The summed E-state index contributed by atoms with van der Waals surface area (Å²) in [5.41, 5.74) is 0.309. The molecular formula is C10H26N2+2. The van der Waals surface area contributed by atoms with Crippen molar-refractivity contribution in [1.82, 2.24) is 0 Å². The minimum absolute atomic E-state index is 0.309. The van der Waals surface area contributed by atoms with Gasteiger partial charge in [0.15, 0.2) is 0 Å². The van der Waals surface area contributed by atoms with Crippen molar-refractivity contribution in [2.24, 2.45) is 0 Å². The first kappa shape index (κ1) is 11.9. The highest BCUT2D eigenvalue weighted by atomic mass is 15.5. The van der Waals surface area contributed by atoms with Crippen molar-refractivity contribution in [3.05, 3.63) is 0 Å². The van der Waals surface area contributed by atoms with Gasteiger partial charge in [0.2, 0.25) is 5.66 Å². The Morgan fingerprint density at radius 1 is 1.00 bits per heavy atom. The van der Waals surface area contributed by atoms with Crippen LogP contribution in [0.3, 0.4) is 0 Å². The molecule has 1 N–H and O–H groups in total. The van der Waals surface area contributed by atoms with Crippen molar-refractivity contribution in [3.8, 4) is 0 Å². The van der Waals surface area contributed by atoms with E-state index in [1.807, 2.05) is 0 Å². The van der Waals surface area contributed by atoms with Crippen LogP contribution in [-0.4, -0.2) is 44.4 Å². The van der Waals surface area contributed by atoms with Gasteiger partial charge in [-0.1, -0.05) is 0 Å². The van der Waals surface area contributed by atoms with Crippen molar-refractivity contribution in [3.63, 3.8) is 0 Å². The van der Waals surface area contributed by atoms with Gasteiger partial charge in [-0.05, 0) is 13.8 Å². The fraction of sp³-hybridized carbons (Fsp3) is 1.00. The first-order chi connectivity index (χ1) is 5.27. The summed E-state index contributed by atoms with van der Waals surface area (Å²) in [6.45, 7) is 11.6. The molecule has 0 amide bonds. The third-order valence-electron chi connectivity index (χ3n) is 3.40. The molecule has 0 bridgehead atoms. The Kier molecular flexibility index (Phi) is 3.73. The molecule has 0 aliphatic carbocycles. The van der Waals surface area contributed by atoms with Crippen molar-refractivity contribution in [1.29, 1.82) is 0 Å². The largest absolute Gasteiger partial charge is 0.285 e. The standard InChI is InChI=1S/C10H25N2/c1-8-11(9-2)10(3,4)12(5,6)7/h8-9H2,1-7H3/q+1/p+1. The molecule has 0 aliphatic heterocycles. The maximum Gasteiger partial charge on any atom is 0.217 e. The molecule has 0 atom stereocenters. The molecule has 2 nitrogen and oxygen atoms in total. The summed E-state index contributed by atoms with van der Waals surface area (Å²) in [7, 11) is 6.81. The molecule has 0 aromatic heterocycles. The van der Waals surface area contributed by atoms with Gasteiger partial charge in [-0.25, -0.2) is 0 Å². The van der Waals surface area contributed by atoms with E-state index in [1.165, 1.54) is 13.1 Å². The third kappa shape index (κ3) is 2.20. The Labute approximate surface area is 77.8 Å². The Balaban J connectivity index is 4.57. The molecule has 0 saturated carbocycles. The highest BCUT2D eigenvalue weighted by Crippen LogP contribution is 2.08. The molecule has 0 saturated heterocycles. The summed E-state index contributed by atoms with van der Waals surface area (Å²) in [6, 6.07) is 0. The zero-order valence-electron chi connectivity index (χ0n) is 9.86. The quantitative estimate of drug-likeness (QED) is 0.463. The molecule has 12 heavy (non-hydrogen) atoms. The van der Waals surface area contributed by atoms with Crippen molar-refractivity contribution < 1.29 is 9.38 Å². The monoisotopic (exact) mass is 174 g/mol. The zero-order chi connectivity index (χ0) is 9.99. The summed E-state index contributed by atoms with van der Waals surface area (Å²) in [4.78, 5) is 1.66. The van der Waals surface area contributed by atoms with Crippen LogP contribution >= 0.6 is 0 Å². The zero-order valence-corrected chi connectivity index (χ0v) is 9.86. The average molecular weight is 174 g/mol. The maximum absolute atomic E-state index is 2.34. The van der Waals surface area contributed by atoms with E-state index in [0.29, 0.717) is 5.66 Å². The molecule has 74 valence electrons. The Bertz CT molecular complexity index is 129. The fourth-order valence-corrected chi connectivity index (χ4v) is 1.59. The van der Waals surface area contributed by atoms with Gasteiger partial charge in [0.05, 0.1) is 34.2 Å². The van der Waals surface area contributed by atoms with Gasteiger partial charge < -0.3 is 0 Å². The predicted octanol–water partition coefficient (Wildman–Crippen LogP) is 0.353. The molecule has 0 aromatic rings. The second kappa shape index (κ2) is 3.75. The van der Waals surface area contributed by atoms with Crippen LogP contribution in [-0.2, 0) is 0 Å². The van der Waals surface area contributed by atoms with Crippen molar-refractivity contribution in [2.75, 3.05) is 34.2 Å². The summed E-state index contributed by atoms with van der Waals surface area (Å²) in [5, 5.41) is 0. The van der Waals surface area contributed by atoms with E-state index in [4.69, 9.17) is 0 Å². The fourth-order valence-electron chi connectivity index (χ4n) is 1.59. The van der Waals surface area contributed by atoms with Crippen LogP contribution in [0.4, 0.5) is 0 Å². The summed E-state index contributed by atoms with van der Waals surface area (Å²) in [6.07, 6.45) is 0. The van der Waals surface area contributed by atoms with Gasteiger partial charge in [0.25, 0.3) is 0 Å². The molecular weight excluding hydrogens is 148 g/mol. The molecule has 0 heterocycles. The number of hydrogen-bond donors (Lipinski definition) is 1. The number of rotatable bonds is 4. The van der Waals surface area contributed by atoms with E-state index < -0.39 is 0 Å². The van der Waals surface area contributed by atoms with Gasteiger partial charge in [0, 0.05) is 13.8 Å². The van der Waals surface area contributed by atoms with Gasteiger partial charge in [0.1, 0.15) is 0 Å². The maximum atomic E-state index is 2.34. The average Bonchev–Trinajstić information content (AvgIpc) is 1.87. The molecule has 0 spiro atoms. The normalized spacial score (nSPS) is 14.0. The second-order valence-electron chi connectivity index (χ2n) is 4.88. The van der Waals surface area contributed by atoms with Gasteiger partial charge in [-0.15, -0.1) is 0 Å². The van der Waals surface area contributed by atoms with Crippen LogP contribution in [0.15, 0.2) is 0 Å².